The van der Waals surface area contributed by atoms with Crippen LogP contribution in [0.2, 0.25) is 19.6 Å². The summed E-state index contributed by atoms with van der Waals surface area (Å²) in [6.45, 7) is 18.6. The summed E-state index contributed by atoms with van der Waals surface area (Å²) in [7, 11) is -1.34. The van der Waals surface area contributed by atoms with Gasteiger partial charge in [-0.1, -0.05) is 186 Å². The number of benzene rings is 7. The SMILES string of the molecule is CC(C)(C)c1cc(-c2ccccc2)c(-n2c(-c3[c-]oc4cc5ccccc5cc34)nc3ccccc32)c(-c2ccccc2)c1.CC(C)Cc1cc(-c2[c-]cccc2)ncc1[Si](C)(C)C.[Ir]. The predicted molar refractivity (Wildman–Crippen MR) is 272 cm³/mol. The molecular formula is C59H55IrN3OSi-2. The normalized spacial score (nSPS) is 11.8. The van der Waals surface area contributed by atoms with Gasteiger partial charge >= 0.3 is 0 Å². The summed E-state index contributed by atoms with van der Waals surface area (Å²) in [5.41, 5.74) is 14.1. The van der Waals surface area contributed by atoms with Gasteiger partial charge in [0.05, 0.1) is 30.6 Å². The minimum absolute atomic E-state index is 0. The Labute approximate surface area is 398 Å². The fourth-order valence-electron chi connectivity index (χ4n) is 8.71. The second kappa shape index (κ2) is 18.7. The Bertz CT molecular complexity index is 3170. The molecule has 65 heavy (non-hydrogen) atoms. The molecule has 4 nitrogen and oxygen atoms in total. The van der Waals surface area contributed by atoms with E-state index in [1.165, 1.54) is 16.3 Å². The van der Waals surface area contributed by atoms with Gasteiger partial charge in [0.15, 0.2) is 0 Å². The molecule has 7 aromatic carbocycles. The molecule has 1 radical (unpaired) electrons. The van der Waals surface area contributed by atoms with Gasteiger partial charge in [0.1, 0.15) is 0 Å². The minimum Gasteiger partial charge on any atom is -0.557 e. The van der Waals surface area contributed by atoms with E-state index in [-0.39, 0.29) is 25.5 Å². The Morgan fingerprint density at radius 1 is 0.692 bits per heavy atom. The number of nitrogens with zero attached hydrogens (tertiary/aromatic N) is 3. The quantitative estimate of drug-likeness (QED) is 0.113. The molecule has 0 N–H and O–H groups in total. The van der Waals surface area contributed by atoms with Gasteiger partial charge in [-0.05, 0) is 80.4 Å². The van der Waals surface area contributed by atoms with Crippen molar-refractivity contribution in [3.05, 3.63) is 193 Å². The van der Waals surface area contributed by atoms with Crippen LogP contribution < -0.4 is 5.19 Å². The van der Waals surface area contributed by atoms with Crippen molar-refractivity contribution in [3.8, 4) is 50.6 Å². The molecule has 3 aromatic heterocycles. The molecule has 10 aromatic rings. The molecule has 6 heteroatoms. The summed E-state index contributed by atoms with van der Waals surface area (Å²) in [6, 6.07) is 60.8. The molecule has 0 saturated carbocycles. The second-order valence-corrected chi connectivity index (χ2v) is 24.3. The van der Waals surface area contributed by atoms with Crippen molar-refractivity contribution in [3.63, 3.8) is 0 Å². The molecule has 0 unspecified atom stereocenters. The molecule has 0 atom stereocenters. The summed E-state index contributed by atoms with van der Waals surface area (Å²) in [5.74, 6) is 1.47. The Balaban J connectivity index is 0.000000232. The van der Waals surface area contributed by atoms with Crippen molar-refractivity contribution >= 4 is 46.0 Å². The Morgan fingerprint density at radius 3 is 1.89 bits per heavy atom. The van der Waals surface area contributed by atoms with E-state index in [9.17, 15) is 0 Å². The maximum atomic E-state index is 6.11. The van der Waals surface area contributed by atoms with E-state index < -0.39 is 8.07 Å². The summed E-state index contributed by atoms with van der Waals surface area (Å²) >= 11 is 0. The number of furan rings is 1. The van der Waals surface area contributed by atoms with Crippen molar-refractivity contribution < 1.29 is 24.5 Å². The maximum Gasteiger partial charge on any atom is 0.0798 e. The Hall–Kier alpha value is -6.17. The molecule has 0 saturated heterocycles. The van der Waals surface area contributed by atoms with Gasteiger partial charge in [0, 0.05) is 49.3 Å². The van der Waals surface area contributed by atoms with Crippen LogP contribution in [0.3, 0.4) is 0 Å². The smallest absolute Gasteiger partial charge is 0.0798 e. The van der Waals surface area contributed by atoms with Gasteiger partial charge in [-0.2, -0.15) is 0 Å². The Kier molecular flexibility index (Phi) is 13.1. The minimum atomic E-state index is -1.34. The van der Waals surface area contributed by atoms with Gasteiger partial charge in [0.25, 0.3) is 0 Å². The molecule has 3 heterocycles. The monoisotopic (exact) mass is 1040 g/mol. The van der Waals surface area contributed by atoms with E-state index in [0.29, 0.717) is 5.92 Å². The number of hydrogen-bond donors (Lipinski definition) is 0. The fourth-order valence-corrected chi connectivity index (χ4v) is 10.3. The average molecular weight is 1040 g/mol. The number of imidazole rings is 1. The van der Waals surface area contributed by atoms with Crippen molar-refractivity contribution in [1.29, 1.82) is 0 Å². The van der Waals surface area contributed by atoms with Gasteiger partial charge in [-0.3, -0.25) is 4.98 Å². The molecule has 0 spiro atoms. The van der Waals surface area contributed by atoms with Crippen molar-refractivity contribution in [2.24, 2.45) is 5.92 Å². The van der Waals surface area contributed by atoms with Crippen LogP contribution in [-0.2, 0) is 31.9 Å². The number of fused-ring (bicyclic) bond motifs is 3. The summed E-state index contributed by atoms with van der Waals surface area (Å²) in [6.07, 6.45) is 6.51. The van der Waals surface area contributed by atoms with E-state index in [2.05, 4.69) is 222 Å². The number of rotatable bonds is 8. The van der Waals surface area contributed by atoms with Crippen molar-refractivity contribution in [2.75, 3.05) is 0 Å². The Morgan fingerprint density at radius 2 is 1.29 bits per heavy atom. The third-order valence-electron chi connectivity index (χ3n) is 11.9. The molecule has 0 aliphatic carbocycles. The zero-order valence-corrected chi connectivity index (χ0v) is 41.9. The van der Waals surface area contributed by atoms with E-state index in [4.69, 9.17) is 9.40 Å². The molecule has 0 amide bonds. The maximum absolute atomic E-state index is 6.11. The van der Waals surface area contributed by atoms with Crippen LogP contribution in [0.4, 0.5) is 0 Å². The standard InChI is InChI=1S/C41H31N2O.C18H24NSi.Ir/c1-41(2,3)31-24-32(27-14-6-4-7-15-27)39(33(25-31)28-16-8-5-9-17-28)43-37-21-13-12-20-36(37)42-40(43)35-26-44-38-23-30-19-11-10-18-29(30)22-34(35)38;1-14(2)11-16-12-17(15-9-7-6-8-10-15)19-13-18(16)20(3,4)5;/h4-25H,1-3H3;6-9,12-14H,11H2,1-5H3;/q2*-1;. The van der Waals surface area contributed by atoms with Crippen LogP contribution in [-0.4, -0.2) is 22.6 Å². The third-order valence-corrected chi connectivity index (χ3v) is 14.0. The van der Waals surface area contributed by atoms with Crippen LogP contribution in [0, 0.1) is 18.2 Å². The molecule has 10 rings (SSSR count). The summed E-state index contributed by atoms with van der Waals surface area (Å²) in [5, 5.41) is 4.78. The fraction of sp³-hybridized carbons (Fsp3) is 0.186. The molecule has 327 valence electrons. The van der Waals surface area contributed by atoms with Crippen LogP contribution in [0.5, 0.6) is 0 Å². The summed E-state index contributed by atoms with van der Waals surface area (Å²) < 4.78 is 8.44. The van der Waals surface area contributed by atoms with Crippen molar-refractivity contribution in [2.45, 2.75) is 66.1 Å². The third kappa shape index (κ3) is 9.49. The van der Waals surface area contributed by atoms with Crippen LogP contribution >= 0.6 is 0 Å². The van der Waals surface area contributed by atoms with Crippen LogP contribution in [0.15, 0.2) is 174 Å². The van der Waals surface area contributed by atoms with E-state index >= 15 is 0 Å². The molecule has 0 bridgehead atoms. The van der Waals surface area contributed by atoms with Gasteiger partial charge in [-0.15, -0.1) is 35.9 Å². The van der Waals surface area contributed by atoms with Crippen LogP contribution in [0.1, 0.15) is 45.7 Å². The molecule has 0 aliphatic heterocycles. The topological polar surface area (TPSA) is 43.9 Å². The van der Waals surface area contributed by atoms with E-state index in [1.807, 2.05) is 24.3 Å². The average Bonchev–Trinajstić information content (AvgIpc) is 3.89. The molecule has 0 fully saturated rings. The number of pyridine rings is 1. The zero-order valence-electron chi connectivity index (χ0n) is 38.5. The first kappa shape index (κ1) is 45.4. The van der Waals surface area contributed by atoms with Gasteiger partial charge in [0.2, 0.25) is 0 Å². The van der Waals surface area contributed by atoms with Gasteiger partial charge < -0.3 is 14.0 Å². The first-order chi connectivity index (χ1) is 30.8. The second-order valence-electron chi connectivity index (χ2n) is 19.3. The van der Waals surface area contributed by atoms with E-state index in [0.717, 1.165) is 89.8 Å². The zero-order chi connectivity index (χ0) is 44.6. The van der Waals surface area contributed by atoms with Gasteiger partial charge in [-0.25, -0.2) is 0 Å². The first-order valence-corrected chi connectivity index (χ1v) is 25.9. The van der Waals surface area contributed by atoms with Crippen molar-refractivity contribution in [1.82, 2.24) is 14.5 Å². The number of hydrogen-bond acceptors (Lipinski definition) is 3. The summed E-state index contributed by atoms with van der Waals surface area (Å²) in [4.78, 5) is 9.96. The molecule has 0 aliphatic rings. The first-order valence-electron chi connectivity index (χ1n) is 22.4. The predicted octanol–water partition coefficient (Wildman–Crippen LogP) is 15.3. The number of para-hydroxylation sites is 2. The molecular weight excluding hydrogens is 987 g/mol. The largest absolute Gasteiger partial charge is 0.557 e. The van der Waals surface area contributed by atoms with Crippen LogP contribution in [0.25, 0.3) is 83.4 Å². The number of aromatic nitrogens is 3. The van der Waals surface area contributed by atoms with E-state index in [1.54, 1.807) is 0 Å².